The van der Waals surface area contributed by atoms with E-state index in [2.05, 4.69) is 0 Å². The van der Waals surface area contributed by atoms with Crippen molar-refractivity contribution in [3.05, 3.63) is 29.8 Å². The average molecular weight is 241 g/mol. The van der Waals surface area contributed by atoms with E-state index in [1.54, 1.807) is 38.5 Å². The summed E-state index contributed by atoms with van der Waals surface area (Å²) in [6, 6.07) is 5.36. The molecule has 0 heterocycles. The van der Waals surface area contributed by atoms with Crippen LogP contribution in [0.4, 0.5) is 0 Å². The van der Waals surface area contributed by atoms with Crippen LogP contribution in [0.2, 0.25) is 0 Å². The summed E-state index contributed by atoms with van der Waals surface area (Å²) < 4.78 is 10.2. The van der Waals surface area contributed by atoms with E-state index in [-0.39, 0.29) is 11.7 Å². The molecule has 0 aliphatic carbocycles. The summed E-state index contributed by atoms with van der Waals surface area (Å²) in [6.07, 6.45) is 3.08. The Kier molecular flexibility index (Phi) is 4.86. The maximum Gasteiger partial charge on any atom is 0.170 e. The third-order valence-corrected chi connectivity index (χ3v) is 2.28. The van der Waals surface area contributed by atoms with Crippen LogP contribution < -0.4 is 9.47 Å². The van der Waals surface area contributed by atoms with E-state index in [4.69, 9.17) is 21.1 Å². The molecule has 0 saturated carbocycles. The zero-order chi connectivity index (χ0) is 12.0. The number of carbonyl (C=O) groups is 1. The Bertz CT molecular complexity index is 399. The summed E-state index contributed by atoms with van der Waals surface area (Å²) in [4.78, 5) is 11.0. The summed E-state index contributed by atoms with van der Waals surface area (Å²) >= 11 is 5.39. The predicted molar refractivity (Wildman–Crippen MR) is 64.3 cm³/mol. The van der Waals surface area contributed by atoms with E-state index < -0.39 is 0 Å². The molecule has 0 atom stereocenters. The number of hydrogen-bond acceptors (Lipinski definition) is 3. The van der Waals surface area contributed by atoms with Gasteiger partial charge in [-0.1, -0.05) is 0 Å². The van der Waals surface area contributed by atoms with Gasteiger partial charge in [-0.2, -0.15) is 0 Å². The molecule has 0 radical (unpaired) electrons. The van der Waals surface area contributed by atoms with E-state index in [1.807, 2.05) is 0 Å². The third kappa shape index (κ3) is 3.28. The Labute approximate surface area is 99.6 Å². The first-order valence-electron chi connectivity index (χ1n) is 4.70. The summed E-state index contributed by atoms with van der Waals surface area (Å²) in [5.74, 6) is 1.22. The van der Waals surface area contributed by atoms with E-state index in [1.165, 1.54) is 6.08 Å². The molecule has 0 amide bonds. The predicted octanol–water partition coefficient (Wildman–Crippen LogP) is 2.52. The topological polar surface area (TPSA) is 35.5 Å². The minimum absolute atomic E-state index is 0.0250. The molecule has 0 bridgehead atoms. The third-order valence-electron chi connectivity index (χ3n) is 2.02. The van der Waals surface area contributed by atoms with Crippen molar-refractivity contribution >= 4 is 23.5 Å². The number of hydrogen-bond donors (Lipinski definition) is 0. The highest BCUT2D eigenvalue weighted by molar-refractivity contribution is 6.29. The molecule has 0 aliphatic rings. The highest BCUT2D eigenvalue weighted by Crippen LogP contribution is 2.24. The van der Waals surface area contributed by atoms with Gasteiger partial charge < -0.3 is 9.47 Å². The van der Waals surface area contributed by atoms with Gasteiger partial charge in [0.2, 0.25) is 0 Å². The molecule has 0 saturated heterocycles. The molecule has 1 aromatic rings. The molecule has 0 aromatic heterocycles. The Hall–Kier alpha value is -1.48. The second-order valence-corrected chi connectivity index (χ2v) is 3.31. The van der Waals surface area contributed by atoms with E-state index in [0.29, 0.717) is 11.5 Å². The highest BCUT2D eigenvalue weighted by Gasteiger charge is 2.02. The van der Waals surface area contributed by atoms with Crippen LogP contribution in [-0.4, -0.2) is 25.9 Å². The molecular weight excluding hydrogens is 228 g/mol. The number of alkyl halides is 1. The molecule has 0 fully saturated rings. The Balaban J connectivity index is 2.99. The van der Waals surface area contributed by atoms with Gasteiger partial charge in [-0.15, -0.1) is 11.6 Å². The van der Waals surface area contributed by atoms with Crippen molar-refractivity contribution in [3.63, 3.8) is 0 Å². The quantitative estimate of drug-likeness (QED) is 0.586. The maximum absolute atomic E-state index is 11.0. The van der Waals surface area contributed by atoms with Crippen LogP contribution in [0.3, 0.4) is 0 Å². The van der Waals surface area contributed by atoms with Crippen LogP contribution in [0.1, 0.15) is 5.56 Å². The number of halogens is 1. The van der Waals surface area contributed by atoms with Crippen molar-refractivity contribution in [1.82, 2.24) is 0 Å². The molecule has 4 heteroatoms. The lowest BCUT2D eigenvalue weighted by Gasteiger charge is -2.06. The number of methoxy groups -OCH3 is 2. The first kappa shape index (κ1) is 12.6. The number of carbonyl (C=O) groups excluding carboxylic acids is 1. The van der Waals surface area contributed by atoms with E-state index in [9.17, 15) is 4.79 Å². The molecular formula is C12H13ClO3. The zero-order valence-electron chi connectivity index (χ0n) is 9.20. The summed E-state index contributed by atoms with van der Waals surface area (Å²) in [7, 11) is 3.15. The number of benzene rings is 1. The molecule has 86 valence electrons. The van der Waals surface area contributed by atoms with Crippen molar-refractivity contribution in [2.45, 2.75) is 0 Å². The number of allylic oxidation sites excluding steroid dienone is 1. The summed E-state index contributed by atoms with van der Waals surface area (Å²) in [6.45, 7) is 0. The highest BCUT2D eigenvalue weighted by atomic mass is 35.5. The molecule has 3 nitrogen and oxygen atoms in total. The molecule has 0 spiro atoms. The van der Waals surface area contributed by atoms with Crippen LogP contribution >= 0.6 is 11.6 Å². The van der Waals surface area contributed by atoms with Gasteiger partial charge in [0.15, 0.2) is 5.78 Å². The first-order chi connectivity index (χ1) is 7.71. The van der Waals surface area contributed by atoms with Crippen molar-refractivity contribution in [3.8, 4) is 11.5 Å². The Morgan fingerprint density at radius 3 is 2.69 bits per heavy atom. The minimum Gasteiger partial charge on any atom is -0.497 e. The lowest BCUT2D eigenvalue weighted by molar-refractivity contribution is -0.112. The monoisotopic (exact) mass is 240 g/mol. The largest absolute Gasteiger partial charge is 0.497 e. The van der Waals surface area contributed by atoms with Crippen LogP contribution in [0.5, 0.6) is 11.5 Å². The van der Waals surface area contributed by atoms with Gasteiger partial charge in [-0.05, 0) is 30.4 Å². The lowest BCUT2D eigenvalue weighted by Crippen LogP contribution is -1.93. The van der Waals surface area contributed by atoms with Gasteiger partial charge >= 0.3 is 0 Å². The molecule has 1 aromatic carbocycles. The van der Waals surface area contributed by atoms with Gasteiger partial charge in [0.25, 0.3) is 0 Å². The molecule has 0 aliphatic heterocycles. The van der Waals surface area contributed by atoms with Gasteiger partial charge in [-0.25, -0.2) is 0 Å². The van der Waals surface area contributed by atoms with Crippen molar-refractivity contribution in [2.75, 3.05) is 20.1 Å². The normalized spacial score (nSPS) is 10.4. The molecule has 0 unspecified atom stereocenters. The summed E-state index contributed by atoms with van der Waals surface area (Å²) in [5.41, 5.74) is 0.778. The zero-order valence-corrected chi connectivity index (χ0v) is 9.95. The van der Waals surface area contributed by atoms with Crippen LogP contribution in [0.25, 0.3) is 6.08 Å². The summed E-state index contributed by atoms with van der Waals surface area (Å²) in [5, 5.41) is 0. The van der Waals surface area contributed by atoms with E-state index >= 15 is 0 Å². The average Bonchev–Trinajstić information content (AvgIpc) is 2.35. The Morgan fingerprint density at radius 1 is 1.38 bits per heavy atom. The second-order valence-electron chi connectivity index (χ2n) is 3.04. The van der Waals surface area contributed by atoms with Crippen molar-refractivity contribution in [2.24, 2.45) is 0 Å². The fourth-order valence-electron chi connectivity index (χ4n) is 1.20. The second kappa shape index (κ2) is 6.18. The van der Waals surface area contributed by atoms with Crippen LogP contribution in [-0.2, 0) is 4.79 Å². The minimum atomic E-state index is -0.147. The van der Waals surface area contributed by atoms with Gasteiger partial charge in [0.05, 0.1) is 20.1 Å². The molecule has 16 heavy (non-hydrogen) atoms. The lowest BCUT2D eigenvalue weighted by atomic mass is 10.1. The Morgan fingerprint density at radius 2 is 2.12 bits per heavy atom. The fourth-order valence-corrected chi connectivity index (χ4v) is 1.29. The molecule has 0 N–H and O–H groups in total. The van der Waals surface area contributed by atoms with E-state index in [0.717, 1.165) is 5.56 Å². The standard InChI is InChI=1S/C12H13ClO3/c1-15-11-5-6-12(16-2)9(7-11)3-4-10(14)8-13/h3-7H,8H2,1-2H3. The fraction of sp³-hybridized carbons (Fsp3) is 0.250. The number of ether oxygens (including phenoxy) is 2. The SMILES string of the molecule is COc1ccc(OC)c(C=CC(=O)CCl)c1. The first-order valence-corrected chi connectivity index (χ1v) is 5.23. The van der Waals surface area contributed by atoms with Crippen LogP contribution in [0, 0.1) is 0 Å². The number of ketones is 1. The van der Waals surface area contributed by atoms with Gasteiger partial charge in [0.1, 0.15) is 11.5 Å². The van der Waals surface area contributed by atoms with Crippen LogP contribution in [0.15, 0.2) is 24.3 Å². The van der Waals surface area contributed by atoms with Gasteiger partial charge in [0, 0.05) is 5.56 Å². The van der Waals surface area contributed by atoms with Crippen molar-refractivity contribution in [1.29, 1.82) is 0 Å². The smallest absolute Gasteiger partial charge is 0.170 e. The maximum atomic E-state index is 11.0. The van der Waals surface area contributed by atoms with Gasteiger partial charge in [-0.3, -0.25) is 4.79 Å². The van der Waals surface area contributed by atoms with Crippen molar-refractivity contribution < 1.29 is 14.3 Å². The number of rotatable bonds is 5. The molecule has 1 rings (SSSR count).